The van der Waals surface area contributed by atoms with E-state index in [9.17, 15) is 13.2 Å². The number of ether oxygens (including phenoxy) is 1. The van der Waals surface area contributed by atoms with Crippen LogP contribution in [0.15, 0.2) is 40.6 Å². The van der Waals surface area contributed by atoms with E-state index in [-0.39, 0.29) is 11.0 Å². The van der Waals surface area contributed by atoms with Crippen molar-refractivity contribution in [2.45, 2.75) is 29.5 Å². The van der Waals surface area contributed by atoms with Gasteiger partial charge in [0.1, 0.15) is 5.82 Å². The molecule has 3 aromatic rings. The van der Waals surface area contributed by atoms with Crippen LogP contribution >= 0.6 is 23.4 Å². The lowest BCUT2D eigenvalue weighted by atomic mass is 10.2. The lowest BCUT2D eigenvalue weighted by Gasteiger charge is -2.15. The van der Waals surface area contributed by atoms with Crippen molar-refractivity contribution >= 4 is 29.2 Å². The number of hydrogen-bond donors (Lipinski definition) is 0. The first-order valence-electron chi connectivity index (χ1n) is 9.19. The van der Waals surface area contributed by atoms with Gasteiger partial charge in [-0.25, -0.2) is 9.97 Å². The van der Waals surface area contributed by atoms with Gasteiger partial charge in [0.15, 0.2) is 21.8 Å². The maximum absolute atomic E-state index is 13.3. The first-order chi connectivity index (χ1) is 14.7. The Bertz CT molecular complexity index is 1040. The van der Waals surface area contributed by atoms with Crippen molar-refractivity contribution in [2.24, 2.45) is 0 Å². The molecule has 0 fully saturated rings. The van der Waals surface area contributed by atoms with Gasteiger partial charge in [0.05, 0.1) is 5.02 Å². The summed E-state index contributed by atoms with van der Waals surface area (Å²) in [5.41, 5.74) is -0.356. The van der Waals surface area contributed by atoms with Crippen molar-refractivity contribution < 1.29 is 17.9 Å². The summed E-state index contributed by atoms with van der Waals surface area (Å²) in [6.07, 6.45) is -3.95. The zero-order valence-corrected chi connectivity index (χ0v) is 18.6. The fraction of sp³-hybridized carbons (Fsp3) is 0.368. The summed E-state index contributed by atoms with van der Waals surface area (Å²) in [7, 11) is 4.81. The number of nitrogens with zero attached hydrogens (tertiary/aromatic N) is 6. The minimum absolute atomic E-state index is 0.0791. The molecule has 0 saturated carbocycles. The van der Waals surface area contributed by atoms with Gasteiger partial charge in [-0.15, -0.1) is 10.2 Å². The minimum atomic E-state index is -4.60. The Hall–Kier alpha value is -2.37. The van der Waals surface area contributed by atoms with Crippen molar-refractivity contribution in [3.63, 3.8) is 0 Å². The number of halogens is 4. The molecule has 0 amide bonds. The Labute approximate surface area is 186 Å². The van der Waals surface area contributed by atoms with Gasteiger partial charge >= 0.3 is 6.18 Å². The van der Waals surface area contributed by atoms with Crippen LogP contribution in [0, 0.1) is 0 Å². The number of rotatable bonds is 8. The molecule has 0 N–H and O–H groups in total. The van der Waals surface area contributed by atoms with E-state index in [4.69, 9.17) is 16.3 Å². The van der Waals surface area contributed by atoms with Crippen LogP contribution in [-0.2, 0) is 17.5 Å². The van der Waals surface area contributed by atoms with Crippen molar-refractivity contribution in [1.82, 2.24) is 24.7 Å². The molecule has 0 aliphatic rings. The molecular formula is C19H20ClF3N6OS. The number of anilines is 1. The van der Waals surface area contributed by atoms with Crippen LogP contribution in [0.3, 0.4) is 0 Å². The van der Waals surface area contributed by atoms with Gasteiger partial charge in [-0.3, -0.25) is 0 Å². The van der Waals surface area contributed by atoms with Crippen molar-refractivity contribution in [3.8, 4) is 11.4 Å². The Morgan fingerprint density at radius 1 is 1.16 bits per heavy atom. The van der Waals surface area contributed by atoms with Crippen molar-refractivity contribution in [1.29, 1.82) is 0 Å². The molecule has 0 aliphatic heterocycles. The minimum Gasteiger partial charge on any atom is -0.385 e. The number of alkyl halides is 3. The second-order valence-electron chi connectivity index (χ2n) is 6.67. The average Bonchev–Trinajstić information content (AvgIpc) is 3.10. The number of aromatic nitrogens is 5. The average molecular weight is 473 g/mol. The summed E-state index contributed by atoms with van der Waals surface area (Å²) in [6, 6.07) is 8.06. The van der Waals surface area contributed by atoms with Gasteiger partial charge in [-0.2, -0.15) is 13.2 Å². The highest BCUT2D eigenvalue weighted by molar-refractivity contribution is 7.99. The van der Waals surface area contributed by atoms with Crippen LogP contribution in [0.25, 0.3) is 11.4 Å². The van der Waals surface area contributed by atoms with E-state index in [1.807, 2.05) is 6.07 Å². The smallest absolute Gasteiger partial charge is 0.385 e. The summed E-state index contributed by atoms with van der Waals surface area (Å²) in [5, 5.41) is 9.17. The van der Waals surface area contributed by atoms with Gasteiger partial charge in [-0.05, 0) is 30.3 Å². The third kappa shape index (κ3) is 5.66. The highest BCUT2D eigenvalue weighted by Gasteiger charge is 2.34. The highest BCUT2D eigenvalue weighted by atomic mass is 35.5. The summed E-state index contributed by atoms with van der Waals surface area (Å²) in [5.74, 6) is 0.644. The standard InChI is InChI=1S/C19H20ClF3N6OS/c1-28(2)15-11-14(19(21,22)23)24-17(25-15)31-18-27-26-16(29(18)9-6-10-30-3)12-7-4-5-8-13(12)20/h4-5,7-8,11H,6,9-10H2,1-3H3. The van der Waals surface area contributed by atoms with E-state index in [0.29, 0.717) is 41.1 Å². The van der Waals surface area contributed by atoms with Crippen molar-refractivity contribution in [3.05, 3.63) is 41.0 Å². The van der Waals surface area contributed by atoms with Crippen LogP contribution in [0.2, 0.25) is 5.02 Å². The molecule has 0 radical (unpaired) electrons. The zero-order chi connectivity index (χ0) is 22.6. The third-order valence-corrected chi connectivity index (χ3v) is 5.36. The Balaban J connectivity index is 2.03. The highest BCUT2D eigenvalue weighted by Crippen LogP contribution is 2.34. The maximum Gasteiger partial charge on any atom is 0.433 e. The van der Waals surface area contributed by atoms with E-state index in [2.05, 4.69) is 20.2 Å². The Morgan fingerprint density at radius 2 is 1.90 bits per heavy atom. The molecule has 2 aromatic heterocycles. The molecule has 31 heavy (non-hydrogen) atoms. The lowest BCUT2D eigenvalue weighted by Crippen LogP contribution is -2.16. The summed E-state index contributed by atoms with van der Waals surface area (Å²) < 4.78 is 46.9. The predicted molar refractivity (Wildman–Crippen MR) is 112 cm³/mol. The fourth-order valence-electron chi connectivity index (χ4n) is 2.69. The molecular weight excluding hydrogens is 453 g/mol. The van der Waals surface area contributed by atoms with Gasteiger partial charge in [0, 0.05) is 46.0 Å². The van der Waals surface area contributed by atoms with E-state index in [0.717, 1.165) is 17.8 Å². The van der Waals surface area contributed by atoms with E-state index in [1.165, 1.54) is 4.90 Å². The summed E-state index contributed by atoms with van der Waals surface area (Å²) in [4.78, 5) is 9.40. The molecule has 166 valence electrons. The number of benzene rings is 1. The molecule has 7 nitrogen and oxygen atoms in total. The van der Waals surface area contributed by atoms with Gasteiger partial charge in [0.2, 0.25) is 0 Å². The van der Waals surface area contributed by atoms with E-state index < -0.39 is 11.9 Å². The van der Waals surface area contributed by atoms with Crippen LogP contribution < -0.4 is 4.90 Å². The molecule has 0 saturated heterocycles. The van der Waals surface area contributed by atoms with Gasteiger partial charge in [0.25, 0.3) is 0 Å². The van der Waals surface area contributed by atoms with Crippen LogP contribution in [0.1, 0.15) is 12.1 Å². The number of hydrogen-bond acceptors (Lipinski definition) is 7. The second kappa shape index (κ2) is 9.84. The van der Waals surface area contributed by atoms with E-state index in [1.54, 1.807) is 44.0 Å². The SMILES string of the molecule is COCCCn1c(Sc2nc(N(C)C)cc(C(F)(F)F)n2)nnc1-c1ccccc1Cl. The zero-order valence-electron chi connectivity index (χ0n) is 17.0. The molecule has 0 spiro atoms. The van der Waals surface area contributed by atoms with Crippen LogP contribution in [-0.4, -0.2) is 52.5 Å². The first kappa shape index (κ1) is 23.3. The predicted octanol–water partition coefficient (Wildman–Crippen LogP) is 4.66. The second-order valence-corrected chi connectivity index (χ2v) is 8.01. The molecule has 3 rings (SSSR count). The molecule has 2 heterocycles. The van der Waals surface area contributed by atoms with Gasteiger partial charge < -0.3 is 14.2 Å². The normalized spacial score (nSPS) is 11.7. The quantitative estimate of drug-likeness (QED) is 0.349. The van der Waals surface area contributed by atoms with Crippen molar-refractivity contribution in [2.75, 3.05) is 32.7 Å². The summed E-state index contributed by atoms with van der Waals surface area (Å²) in [6.45, 7) is 0.971. The Kier molecular flexibility index (Phi) is 7.39. The number of methoxy groups -OCH3 is 1. The topological polar surface area (TPSA) is 69.0 Å². The molecule has 12 heteroatoms. The lowest BCUT2D eigenvalue weighted by molar-refractivity contribution is -0.141. The monoisotopic (exact) mass is 472 g/mol. The fourth-order valence-corrected chi connectivity index (χ4v) is 3.73. The molecule has 0 aliphatic carbocycles. The Morgan fingerprint density at radius 3 is 2.55 bits per heavy atom. The molecule has 0 unspecified atom stereocenters. The maximum atomic E-state index is 13.3. The first-order valence-corrected chi connectivity index (χ1v) is 10.4. The van der Waals surface area contributed by atoms with Crippen LogP contribution in [0.5, 0.6) is 0 Å². The molecule has 0 bridgehead atoms. The third-order valence-electron chi connectivity index (χ3n) is 4.19. The van der Waals surface area contributed by atoms with Gasteiger partial charge in [-0.1, -0.05) is 23.7 Å². The molecule has 0 atom stereocenters. The van der Waals surface area contributed by atoms with Crippen LogP contribution in [0.4, 0.5) is 19.0 Å². The van der Waals surface area contributed by atoms with E-state index >= 15 is 0 Å². The summed E-state index contributed by atoms with van der Waals surface area (Å²) >= 11 is 7.23. The largest absolute Gasteiger partial charge is 0.433 e. The molecule has 1 aromatic carbocycles.